The van der Waals surface area contributed by atoms with Gasteiger partial charge in [-0.1, -0.05) is 42.5 Å². The first-order valence-corrected chi connectivity index (χ1v) is 9.64. The standard InChI is InChI=1S/C23H12N6/c1-2-6-12-11(5-1)9-14-16-18(12)27-22-24-10-25-23-28-19-13-7-3-4-8-15(13)26-20(14)17(19)21(16)29(22)23/h1-8,10,26H,9H2. The maximum absolute atomic E-state index is 4.97. The van der Waals surface area contributed by atoms with Crippen LogP contribution in [0, 0.1) is 0 Å². The zero-order valence-corrected chi connectivity index (χ0v) is 15.1. The molecular weight excluding hydrogens is 360 g/mol. The van der Waals surface area contributed by atoms with Crippen LogP contribution in [0.3, 0.4) is 0 Å². The van der Waals surface area contributed by atoms with Gasteiger partial charge in [0.1, 0.15) is 6.33 Å². The molecule has 0 spiro atoms. The van der Waals surface area contributed by atoms with Crippen LogP contribution in [-0.4, -0.2) is 29.3 Å². The summed E-state index contributed by atoms with van der Waals surface area (Å²) in [7, 11) is 0. The first-order valence-electron chi connectivity index (χ1n) is 9.64. The fourth-order valence-corrected chi connectivity index (χ4v) is 5.11. The van der Waals surface area contributed by atoms with E-state index in [-0.39, 0.29) is 0 Å². The number of aromatic nitrogens is 6. The number of pyridine rings is 1. The fourth-order valence-electron chi connectivity index (χ4n) is 5.11. The molecule has 0 saturated heterocycles. The largest absolute Gasteiger partial charge is 0.354 e. The highest BCUT2D eigenvalue weighted by Gasteiger charge is 2.29. The maximum Gasteiger partial charge on any atom is 0.239 e. The summed E-state index contributed by atoms with van der Waals surface area (Å²) >= 11 is 0. The van der Waals surface area contributed by atoms with E-state index in [4.69, 9.17) is 9.97 Å². The molecule has 0 fully saturated rings. The van der Waals surface area contributed by atoms with E-state index < -0.39 is 0 Å². The molecule has 6 heteroatoms. The smallest absolute Gasteiger partial charge is 0.239 e. The summed E-state index contributed by atoms with van der Waals surface area (Å²) in [5.41, 5.74) is 9.08. The van der Waals surface area contributed by atoms with Gasteiger partial charge >= 0.3 is 0 Å². The van der Waals surface area contributed by atoms with E-state index in [2.05, 4.69) is 63.5 Å². The Hall–Kier alpha value is -4.06. The van der Waals surface area contributed by atoms with Crippen LogP contribution >= 0.6 is 0 Å². The topological polar surface area (TPSA) is 71.8 Å². The van der Waals surface area contributed by atoms with E-state index in [1.54, 1.807) is 6.33 Å². The molecule has 134 valence electrons. The van der Waals surface area contributed by atoms with Crippen molar-refractivity contribution in [1.82, 2.24) is 29.3 Å². The summed E-state index contributed by atoms with van der Waals surface area (Å²) in [6.45, 7) is 0. The predicted octanol–water partition coefficient (Wildman–Crippen LogP) is 4.47. The minimum Gasteiger partial charge on any atom is -0.354 e. The molecule has 4 heterocycles. The van der Waals surface area contributed by atoms with Gasteiger partial charge in [-0.15, -0.1) is 0 Å². The van der Waals surface area contributed by atoms with E-state index in [0.29, 0.717) is 11.6 Å². The Morgan fingerprint density at radius 2 is 1.69 bits per heavy atom. The average Bonchev–Trinajstić information content (AvgIpc) is 3.09. The van der Waals surface area contributed by atoms with Crippen LogP contribution in [0.5, 0.6) is 0 Å². The molecule has 1 aliphatic carbocycles. The normalized spacial score (nSPS) is 13.4. The summed E-state index contributed by atoms with van der Waals surface area (Å²) in [6.07, 6.45) is 2.42. The van der Waals surface area contributed by atoms with Crippen molar-refractivity contribution in [3.8, 4) is 11.3 Å². The molecule has 0 radical (unpaired) electrons. The van der Waals surface area contributed by atoms with Crippen molar-refractivity contribution in [3.05, 3.63) is 66.0 Å². The molecule has 0 amide bonds. The number of hydrogen-bond acceptors (Lipinski definition) is 4. The van der Waals surface area contributed by atoms with Crippen molar-refractivity contribution in [3.63, 3.8) is 0 Å². The second-order valence-electron chi connectivity index (χ2n) is 7.69. The van der Waals surface area contributed by atoms with Crippen LogP contribution in [0.2, 0.25) is 0 Å². The van der Waals surface area contributed by atoms with Crippen molar-refractivity contribution in [2.24, 2.45) is 0 Å². The third-order valence-corrected chi connectivity index (χ3v) is 6.28. The molecule has 8 rings (SSSR count). The van der Waals surface area contributed by atoms with E-state index in [9.17, 15) is 0 Å². The monoisotopic (exact) mass is 372 g/mol. The summed E-state index contributed by atoms with van der Waals surface area (Å²) in [6, 6.07) is 16.9. The van der Waals surface area contributed by atoms with Gasteiger partial charge in [-0.05, 0) is 17.2 Å². The van der Waals surface area contributed by atoms with Gasteiger partial charge in [-0.3, -0.25) is 0 Å². The number of nitrogens with one attached hydrogen (secondary N) is 1. The summed E-state index contributed by atoms with van der Waals surface area (Å²) in [5.74, 6) is 1.27. The van der Waals surface area contributed by atoms with Crippen LogP contribution in [0.15, 0.2) is 54.9 Å². The Labute approximate surface area is 163 Å². The molecule has 0 bridgehead atoms. The quantitative estimate of drug-likeness (QED) is 0.315. The Balaban J connectivity index is 1.79. The molecule has 1 aliphatic rings. The summed E-state index contributed by atoms with van der Waals surface area (Å²) in [4.78, 5) is 22.6. The third kappa shape index (κ3) is 1.49. The zero-order valence-electron chi connectivity index (χ0n) is 15.1. The van der Waals surface area contributed by atoms with Crippen LogP contribution in [0.1, 0.15) is 11.1 Å². The number of hydrogen-bond donors (Lipinski definition) is 1. The summed E-state index contributed by atoms with van der Waals surface area (Å²) < 4.78 is 2.01. The van der Waals surface area contributed by atoms with E-state index in [0.717, 1.165) is 45.0 Å². The van der Waals surface area contributed by atoms with Crippen molar-refractivity contribution in [2.75, 3.05) is 0 Å². The number of aromatic amines is 1. The number of benzene rings is 2. The first-order chi connectivity index (χ1) is 14.4. The second kappa shape index (κ2) is 4.50. The predicted molar refractivity (Wildman–Crippen MR) is 112 cm³/mol. The maximum atomic E-state index is 4.97. The van der Waals surface area contributed by atoms with Crippen molar-refractivity contribution >= 4 is 49.8 Å². The van der Waals surface area contributed by atoms with Gasteiger partial charge in [-0.2, -0.15) is 0 Å². The lowest BCUT2D eigenvalue weighted by Gasteiger charge is -2.18. The van der Waals surface area contributed by atoms with Gasteiger partial charge < -0.3 is 4.98 Å². The lowest BCUT2D eigenvalue weighted by atomic mass is 9.90. The molecule has 0 atom stereocenters. The van der Waals surface area contributed by atoms with Crippen LogP contribution in [0.4, 0.5) is 0 Å². The van der Waals surface area contributed by atoms with Gasteiger partial charge in [0.25, 0.3) is 0 Å². The third-order valence-electron chi connectivity index (χ3n) is 6.28. The van der Waals surface area contributed by atoms with Crippen molar-refractivity contribution in [1.29, 1.82) is 0 Å². The van der Waals surface area contributed by atoms with Gasteiger partial charge in [-0.25, -0.2) is 24.3 Å². The minimum absolute atomic E-state index is 0.634. The number of para-hydroxylation sites is 1. The van der Waals surface area contributed by atoms with Crippen LogP contribution < -0.4 is 0 Å². The van der Waals surface area contributed by atoms with E-state index in [1.807, 2.05) is 4.40 Å². The highest BCUT2D eigenvalue weighted by molar-refractivity contribution is 6.27. The average molecular weight is 372 g/mol. The van der Waals surface area contributed by atoms with Crippen LogP contribution in [0.25, 0.3) is 61.0 Å². The lowest BCUT2D eigenvalue weighted by Crippen LogP contribution is -2.07. The van der Waals surface area contributed by atoms with Gasteiger partial charge in [0.05, 0.1) is 22.2 Å². The van der Waals surface area contributed by atoms with Crippen molar-refractivity contribution < 1.29 is 0 Å². The Morgan fingerprint density at radius 1 is 0.862 bits per heavy atom. The molecule has 6 nitrogen and oxygen atoms in total. The van der Waals surface area contributed by atoms with Gasteiger partial charge in [0.15, 0.2) is 0 Å². The zero-order chi connectivity index (χ0) is 18.7. The number of H-pyrrole nitrogens is 1. The molecule has 3 aromatic carbocycles. The van der Waals surface area contributed by atoms with E-state index >= 15 is 0 Å². The minimum atomic E-state index is 0.634. The molecule has 7 aromatic rings. The highest BCUT2D eigenvalue weighted by atomic mass is 15.2. The molecule has 29 heavy (non-hydrogen) atoms. The Bertz CT molecular complexity index is 1790. The number of rotatable bonds is 0. The number of nitrogens with zero attached hydrogens (tertiary/aromatic N) is 5. The van der Waals surface area contributed by atoms with Gasteiger partial charge in [0.2, 0.25) is 11.6 Å². The number of fused-ring (bicyclic) bond motifs is 5. The SMILES string of the molecule is c1ccc2c(c1)Cc1c3[nH]c4ccccc4c4nc5ncnc6nc-2c1c(c34)n65. The second-order valence-corrected chi connectivity index (χ2v) is 7.69. The molecule has 0 aliphatic heterocycles. The Morgan fingerprint density at radius 3 is 2.66 bits per heavy atom. The van der Waals surface area contributed by atoms with Gasteiger partial charge in [0, 0.05) is 33.7 Å². The Kier molecular flexibility index (Phi) is 2.17. The van der Waals surface area contributed by atoms with Crippen molar-refractivity contribution in [2.45, 2.75) is 6.42 Å². The molecular formula is C23H12N6. The fraction of sp³-hybridized carbons (Fsp3) is 0.0435. The lowest BCUT2D eigenvalue weighted by molar-refractivity contribution is 1.02. The molecule has 0 unspecified atom stereocenters. The highest BCUT2D eigenvalue weighted by Crippen LogP contribution is 2.46. The van der Waals surface area contributed by atoms with E-state index in [1.165, 1.54) is 22.1 Å². The first kappa shape index (κ1) is 14.0. The molecule has 4 aromatic heterocycles. The van der Waals surface area contributed by atoms with Crippen LogP contribution in [-0.2, 0) is 6.42 Å². The molecule has 0 saturated carbocycles. The summed E-state index contributed by atoms with van der Waals surface area (Å²) in [5, 5.41) is 3.43. The molecule has 1 N–H and O–H groups in total.